The molecule has 0 aromatic heterocycles. The Morgan fingerprint density at radius 1 is 1.50 bits per heavy atom. The summed E-state index contributed by atoms with van der Waals surface area (Å²) >= 11 is 0. The van der Waals surface area contributed by atoms with Crippen LogP contribution in [-0.2, 0) is 4.79 Å². The molecule has 0 atom stereocenters. The average Bonchev–Trinajstić information content (AvgIpc) is 2.43. The Hall–Kier alpha value is -2.62. The number of nitrogens with zero attached hydrogens (tertiary/aromatic N) is 2. The molecule has 0 unspecified atom stereocenters. The Bertz CT molecular complexity index is 573. The largest absolute Gasteiger partial charge is 0.480 e. The van der Waals surface area contributed by atoms with Crippen LogP contribution in [0.25, 0.3) is 0 Å². The van der Waals surface area contributed by atoms with Gasteiger partial charge in [0.25, 0.3) is 5.69 Å². The second-order valence-electron chi connectivity index (χ2n) is 4.32. The molecule has 0 spiro atoms. The molecule has 0 bridgehead atoms. The first-order chi connectivity index (χ1) is 9.40. The van der Waals surface area contributed by atoms with Gasteiger partial charge in [-0.3, -0.25) is 10.1 Å². The minimum absolute atomic E-state index is 0.105. The van der Waals surface area contributed by atoms with E-state index in [0.717, 1.165) is 0 Å². The zero-order valence-electron chi connectivity index (χ0n) is 11.2. The number of rotatable bonds is 6. The van der Waals surface area contributed by atoms with Crippen molar-refractivity contribution in [2.45, 2.75) is 32.2 Å². The molecule has 0 aliphatic heterocycles. The van der Waals surface area contributed by atoms with E-state index in [4.69, 9.17) is 5.26 Å². The van der Waals surface area contributed by atoms with E-state index < -0.39 is 16.4 Å². The van der Waals surface area contributed by atoms with Crippen LogP contribution in [0.2, 0.25) is 0 Å². The molecule has 0 heterocycles. The molecule has 20 heavy (non-hydrogen) atoms. The lowest BCUT2D eigenvalue weighted by molar-refractivity contribution is -0.385. The summed E-state index contributed by atoms with van der Waals surface area (Å²) in [5.74, 6) is -1.00. The van der Waals surface area contributed by atoms with Crippen molar-refractivity contribution in [3.05, 3.63) is 33.9 Å². The number of benzene rings is 1. The van der Waals surface area contributed by atoms with Crippen molar-refractivity contribution in [3.8, 4) is 6.07 Å². The molecule has 0 aliphatic rings. The molecule has 0 amide bonds. The normalized spacial score (nSPS) is 10.7. The quantitative estimate of drug-likeness (QED) is 0.609. The molecule has 0 saturated heterocycles. The highest BCUT2D eigenvalue weighted by molar-refractivity contribution is 5.83. The topological polar surface area (TPSA) is 116 Å². The van der Waals surface area contributed by atoms with Crippen molar-refractivity contribution >= 4 is 17.3 Å². The van der Waals surface area contributed by atoms with Gasteiger partial charge in [-0.1, -0.05) is 13.8 Å². The molecule has 0 fully saturated rings. The highest BCUT2D eigenvalue weighted by atomic mass is 16.6. The van der Waals surface area contributed by atoms with Gasteiger partial charge in [-0.05, 0) is 25.0 Å². The number of carboxylic acids is 1. The minimum atomic E-state index is -1.15. The Balaban J connectivity index is 3.20. The van der Waals surface area contributed by atoms with Crippen molar-refractivity contribution in [3.63, 3.8) is 0 Å². The van der Waals surface area contributed by atoms with E-state index in [1.54, 1.807) is 19.9 Å². The molecule has 0 saturated carbocycles. The van der Waals surface area contributed by atoms with Crippen LogP contribution in [0.4, 0.5) is 11.4 Å². The highest BCUT2D eigenvalue weighted by Crippen LogP contribution is 2.27. The maximum Gasteiger partial charge on any atom is 0.329 e. The average molecular weight is 277 g/mol. The zero-order chi connectivity index (χ0) is 15.3. The number of carbonyl (C=O) groups is 1. The molecule has 7 heteroatoms. The lowest BCUT2D eigenvalue weighted by Gasteiger charge is -2.29. The summed E-state index contributed by atoms with van der Waals surface area (Å²) in [7, 11) is 0. The van der Waals surface area contributed by atoms with Gasteiger partial charge in [-0.15, -0.1) is 0 Å². The third-order valence-electron chi connectivity index (χ3n) is 3.31. The number of hydrogen-bond acceptors (Lipinski definition) is 5. The van der Waals surface area contributed by atoms with Crippen LogP contribution in [0.15, 0.2) is 18.2 Å². The van der Waals surface area contributed by atoms with Crippen LogP contribution in [0.5, 0.6) is 0 Å². The molecule has 106 valence electrons. The van der Waals surface area contributed by atoms with Crippen molar-refractivity contribution in [2.75, 3.05) is 5.32 Å². The summed E-state index contributed by atoms with van der Waals surface area (Å²) in [5.41, 5.74) is -1.18. The fraction of sp³-hybridized carbons (Fsp3) is 0.385. The number of nitro groups is 1. The molecule has 2 N–H and O–H groups in total. The van der Waals surface area contributed by atoms with Gasteiger partial charge in [0.2, 0.25) is 0 Å². The van der Waals surface area contributed by atoms with Gasteiger partial charge in [0, 0.05) is 11.8 Å². The number of nitro benzene ring substituents is 1. The van der Waals surface area contributed by atoms with Crippen molar-refractivity contribution in [1.29, 1.82) is 5.26 Å². The Kier molecular flexibility index (Phi) is 4.64. The third kappa shape index (κ3) is 2.85. The highest BCUT2D eigenvalue weighted by Gasteiger charge is 2.34. The molecule has 1 rings (SSSR count). The minimum Gasteiger partial charge on any atom is -0.480 e. The number of nitriles is 1. The number of aliphatic carboxylic acids is 1. The van der Waals surface area contributed by atoms with E-state index in [1.807, 2.05) is 0 Å². The van der Waals surface area contributed by atoms with Crippen molar-refractivity contribution in [1.82, 2.24) is 0 Å². The molecule has 7 nitrogen and oxygen atoms in total. The summed E-state index contributed by atoms with van der Waals surface area (Å²) in [6, 6.07) is 5.63. The summed E-state index contributed by atoms with van der Waals surface area (Å²) in [5, 5.41) is 31.8. The van der Waals surface area contributed by atoms with Gasteiger partial charge in [0.15, 0.2) is 0 Å². The van der Waals surface area contributed by atoms with Gasteiger partial charge in [0.05, 0.1) is 4.92 Å². The first-order valence-electron chi connectivity index (χ1n) is 6.10. The van der Waals surface area contributed by atoms with Crippen LogP contribution in [0.3, 0.4) is 0 Å². The molecule has 1 aromatic carbocycles. The van der Waals surface area contributed by atoms with Gasteiger partial charge in [-0.2, -0.15) is 5.26 Å². The van der Waals surface area contributed by atoms with Crippen LogP contribution in [0.1, 0.15) is 32.3 Å². The van der Waals surface area contributed by atoms with Gasteiger partial charge in [-0.25, -0.2) is 4.79 Å². The first kappa shape index (κ1) is 15.4. The van der Waals surface area contributed by atoms with E-state index in [1.165, 1.54) is 18.2 Å². The number of nitrogens with one attached hydrogen (secondary N) is 1. The van der Waals surface area contributed by atoms with Crippen molar-refractivity contribution in [2.24, 2.45) is 0 Å². The monoisotopic (exact) mass is 277 g/mol. The third-order valence-corrected chi connectivity index (χ3v) is 3.31. The maximum absolute atomic E-state index is 11.4. The summed E-state index contributed by atoms with van der Waals surface area (Å²) in [6.07, 6.45) is 0.690. The number of anilines is 1. The van der Waals surface area contributed by atoms with Gasteiger partial charge < -0.3 is 10.4 Å². The molecule has 1 aromatic rings. The van der Waals surface area contributed by atoms with Crippen molar-refractivity contribution < 1.29 is 14.8 Å². The number of carboxylic acid groups (broad SMARTS) is 1. The molecular formula is C13H15N3O4. The smallest absolute Gasteiger partial charge is 0.329 e. The Morgan fingerprint density at radius 2 is 2.10 bits per heavy atom. The van der Waals surface area contributed by atoms with Gasteiger partial charge in [0.1, 0.15) is 17.2 Å². The zero-order valence-corrected chi connectivity index (χ0v) is 11.2. The fourth-order valence-corrected chi connectivity index (χ4v) is 1.92. The van der Waals surface area contributed by atoms with Crippen LogP contribution in [-0.4, -0.2) is 21.5 Å². The van der Waals surface area contributed by atoms with Crippen LogP contribution in [0, 0.1) is 21.4 Å². The molecular weight excluding hydrogens is 262 g/mol. The van der Waals surface area contributed by atoms with Crippen LogP contribution >= 0.6 is 0 Å². The lowest BCUT2D eigenvalue weighted by Crippen LogP contribution is -2.45. The van der Waals surface area contributed by atoms with Gasteiger partial charge >= 0.3 is 5.97 Å². The standard InChI is InChI=1S/C13H15N3O4/c1-3-13(4-2,12(17)18)15-10-5-6-11(16(19)20)9(7-10)8-14/h5-7,15H,3-4H2,1-2H3,(H,17,18). The fourth-order valence-electron chi connectivity index (χ4n) is 1.92. The summed E-state index contributed by atoms with van der Waals surface area (Å²) in [4.78, 5) is 21.5. The first-order valence-corrected chi connectivity index (χ1v) is 6.10. The lowest BCUT2D eigenvalue weighted by atomic mass is 9.92. The summed E-state index contributed by atoms with van der Waals surface area (Å²) in [6.45, 7) is 3.47. The summed E-state index contributed by atoms with van der Waals surface area (Å²) < 4.78 is 0. The van der Waals surface area contributed by atoms with E-state index in [-0.39, 0.29) is 11.3 Å². The van der Waals surface area contributed by atoms with E-state index in [9.17, 15) is 20.0 Å². The number of hydrogen-bond donors (Lipinski definition) is 2. The Morgan fingerprint density at radius 3 is 2.50 bits per heavy atom. The van der Waals surface area contributed by atoms with E-state index >= 15 is 0 Å². The van der Waals surface area contributed by atoms with E-state index in [2.05, 4.69) is 5.32 Å². The Labute approximate surface area is 116 Å². The SMILES string of the molecule is CCC(CC)(Nc1ccc([N+](=O)[O-])c(C#N)c1)C(=O)O. The second kappa shape index (κ2) is 6.02. The molecule has 0 aliphatic carbocycles. The second-order valence-corrected chi connectivity index (χ2v) is 4.32. The predicted octanol–water partition coefficient (Wildman–Crippen LogP) is 2.52. The van der Waals surface area contributed by atoms with Crippen LogP contribution < -0.4 is 5.32 Å². The predicted molar refractivity (Wildman–Crippen MR) is 72.4 cm³/mol. The maximum atomic E-state index is 11.4. The van der Waals surface area contributed by atoms with E-state index in [0.29, 0.717) is 18.5 Å². The molecule has 0 radical (unpaired) electrons.